The average molecular weight is 428 g/mol. The molecule has 30 heavy (non-hydrogen) atoms. The van der Waals surface area contributed by atoms with Crippen LogP contribution < -0.4 is 5.73 Å². The monoisotopic (exact) mass is 428 g/mol. The van der Waals surface area contributed by atoms with Gasteiger partial charge in [0.05, 0.1) is 17.8 Å². The van der Waals surface area contributed by atoms with Crippen LogP contribution in [-0.4, -0.2) is 65.6 Å². The van der Waals surface area contributed by atoms with Crippen LogP contribution in [0, 0.1) is 0 Å². The molecule has 9 heteroatoms. The molecule has 3 N–H and O–H groups in total. The number of carbonyl (C=O) groups excluding carboxylic acids is 1. The van der Waals surface area contributed by atoms with Crippen molar-refractivity contribution in [3.63, 3.8) is 0 Å². The van der Waals surface area contributed by atoms with Crippen molar-refractivity contribution in [2.45, 2.75) is 110 Å². The van der Waals surface area contributed by atoms with Crippen molar-refractivity contribution >= 4 is 19.2 Å². The standard InChI is InChI=1S/C11H20N2O4.C10H21BO2/c1-2-3-6-17-11(16)13-5-4-8(12)7-9(13)10(14)15;1-6-7-8-11-12-9(2,3)10(4,5)13-11/h8-9H,2-7,12H2,1H3,(H,14,15);6-8H2,1-5H3. The third kappa shape index (κ3) is 7.74. The normalized spacial score (nSPS) is 24.8. The predicted octanol–water partition coefficient (Wildman–Crippen LogP) is 3.68. The first-order valence-corrected chi connectivity index (χ1v) is 11.2. The number of nitrogens with two attached hydrogens (primary N) is 1. The predicted molar refractivity (Wildman–Crippen MR) is 117 cm³/mol. The molecule has 174 valence electrons. The molecule has 2 aliphatic rings. The van der Waals surface area contributed by atoms with Crippen LogP contribution >= 0.6 is 0 Å². The second kappa shape index (κ2) is 11.9. The van der Waals surface area contributed by atoms with Gasteiger partial charge in [-0.25, -0.2) is 9.59 Å². The van der Waals surface area contributed by atoms with Gasteiger partial charge >= 0.3 is 19.2 Å². The topological polar surface area (TPSA) is 111 Å². The fourth-order valence-corrected chi connectivity index (χ4v) is 3.29. The lowest BCUT2D eigenvalue weighted by atomic mass is 9.82. The van der Waals surface area contributed by atoms with Gasteiger partial charge in [-0.2, -0.15) is 0 Å². The highest BCUT2D eigenvalue weighted by Crippen LogP contribution is 2.37. The molecule has 2 heterocycles. The van der Waals surface area contributed by atoms with E-state index in [0.29, 0.717) is 19.6 Å². The number of rotatable bonds is 7. The first-order chi connectivity index (χ1) is 13.9. The zero-order valence-corrected chi connectivity index (χ0v) is 19.6. The van der Waals surface area contributed by atoms with Crippen molar-refractivity contribution in [1.29, 1.82) is 0 Å². The first-order valence-electron chi connectivity index (χ1n) is 11.2. The van der Waals surface area contributed by atoms with E-state index >= 15 is 0 Å². The minimum atomic E-state index is -1.02. The van der Waals surface area contributed by atoms with Crippen LogP contribution in [-0.2, 0) is 18.8 Å². The number of hydrogen-bond donors (Lipinski definition) is 2. The number of ether oxygens (including phenoxy) is 1. The number of nitrogens with zero attached hydrogens (tertiary/aromatic N) is 1. The fraction of sp³-hybridized carbons (Fsp3) is 0.905. The van der Waals surface area contributed by atoms with Crippen molar-refractivity contribution in [2.24, 2.45) is 5.73 Å². The fourth-order valence-electron chi connectivity index (χ4n) is 3.29. The van der Waals surface area contributed by atoms with Gasteiger partial charge in [0, 0.05) is 12.6 Å². The summed E-state index contributed by atoms with van der Waals surface area (Å²) in [5, 5.41) is 9.04. The minimum absolute atomic E-state index is 0.00458. The molecule has 0 bridgehead atoms. The van der Waals surface area contributed by atoms with Crippen LogP contribution in [0.4, 0.5) is 4.79 Å². The van der Waals surface area contributed by atoms with Crippen LogP contribution in [0.1, 0.15) is 80.1 Å². The van der Waals surface area contributed by atoms with E-state index in [2.05, 4.69) is 34.6 Å². The molecule has 0 aromatic carbocycles. The smallest absolute Gasteiger partial charge is 0.457 e. The lowest BCUT2D eigenvalue weighted by Gasteiger charge is -2.34. The molecule has 0 aromatic rings. The summed E-state index contributed by atoms with van der Waals surface area (Å²) in [6, 6.07) is -1.01. The molecule has 2 rings (SSSR count). The van der Waals surface area contributed by atoms with Gasteiger partial charge in [-0.1, -0.05) is 33.1 Å². The summed E-state index contributed by atoms with van der Waals surface area (Å²) in [6.07, 6.45) is 5.48. The summed E-state index contributed by atoms with van der Waals surface area (Å²) in [7, 11) is 0.00458. The molecule has 2 atom stereocenters. The maximum Gasteiger partial charge on any atom is 0.457 e. The van der Waals surface area contributed by atoms with E-state index in [-0.39, 0.29) is 30.8 Å². The highest BCUT2D eigenvalue weighted by Gasteiger charge is 2.50. The van der Waals surface area contributed by atoms with E-state index in [1.807, 2.05) is 6.92 Å². The Morgan fingerprint density at radius 3 is 2.20 bits per heavy atom. The lowest BCUT2D eigenvalue weighted by Crippen LogP contribution is -2.53. The first kappa shape index (κ1) is 26.7. The van der Waals surface area contributed by atoms with Crippen LogP contribution in [0.5, 0.6) is 0 Å². The molecule has 0 spiro atoms. The van der Waals surface area contributed by atoms with E-state index in [9.17, 15) is 9.59 Å². The Hall–Kier alpha value is -1.32. The van der Waals surface area contributed by atoms with Crippen molar-refractivity contribution < 1.29 is 28.7 Å². The molecular formula is C21H41BN2O6. The van der Waals surface area contributed by atoms with Gasteiger partial charge in [0.1, 0.15) is 6.04 Å². The average Bonchev–Trinajstić information content (AvgIpc) is 2.87. The Labute approximate surface area is 181 Å². The van der Waals surface area contributed by atoms with Crippen LogP contribution in [0.25, 0.3) is 0 Å². The molecule has 2 unspecified atom stereocenters. The Morgan fingerprint density at radius 1 is 1.13 bits per heavy atom. The van der Waals surface area contributed by atoms with Crippen LogP contribution in [0.2, 0.25) is 6.32 Å². The largest absolute Gasteiger partial charge is 0.480 e. The number of carboxylic acids is 1. The number of hydrogen-bond acceptors (Lipinski definition) is 6. The Kier molecular flexibility index (Phi) is 10.6. The summed E-state index contributed by atoms with van der Waals surface area (Å²) >= 11 is 0. The van der Waals surface area contributed by atoms with Gasteiger partial charge in [0.2, 0.25) is 0 Å². The van der Waals surface area contributed by atoms with E-state index in [0.717, 1.165) is 19.2 Å². The van der Waals surface area contributed by atoms with Gasteiger partial charge in [-0.05, 0) is 53.3 Å². The molecular weight excluding hydrogens is 387 g/mol. The summed E-state index contributed by atoms with van der Waals surface area (Å²) in [5.74, 6) is -1.02. The highest BCUT2D eigenvalue weighted by molar-refractivity contribution is 6.45. The van der Waals surface area contributed by atoms with Crippen LogP contribution in [0.3, 0.4) is 0 Å². The third-order valence-electron chi connectivity index (χ3n) is 5.98. The second-order valence-electron chi connectivity index (χ2n) is 9.13. The van der Waals surface area contributed by atoms with E-state index in [1.54, 1.807) is 0 Å². The summed E-state index contributed by atoms with van der Waals surface area (Å²) in [5.41, 5.74) is 5.38. The van der Waals surface area contributed by atoms with Gasteiger partial charge in [0.15, 0.2) is 0 Å². The Morgan fingerprint density at radius 2 is 1.70 bits per heavy atom. The number of carboxylic acid groups (broad SMARTS) is 1. The summed E-state index contributed by atoms with van der Waals surface area (Å²) in [6.45, 7) is 13.3. The number of aliphatic carboxylic acids is 1. The van der Waals surface area contributed by atoms with Crippen LogP contribution in [0.15, 0.2) is 0 Å². The Bertz CT molecular complexity index is 542. The summed E-state index contributed by atoms with van der Waals surface area (Å²) in [4.78, 5) is 24.0. The quantitative estimate of drug-likeness (QED) is 0.470. The van der Waals surface area contributed by atoms with Crippen molar-refractivity contribution in [3.05, 3.63) is 0 Å². The molecule has 2 aliphatic heterocycles. The summed E-state index contributed by atoms with van der Waals surface area (Å²) < 4.78 is 16.7. The molecule has 0 radical (unpaired) electrons. The number of carbonyl (C=O) groups is 2. The second-order valence-corrected chi connectivity index (χ2v) is 9.13. The van der Waals surface area contributed by atoms with E-state index < -0.39 is 18.1 Å². The Balaban J connectivity index is 0.000000311. The van der Waals surface area contributed by atoms with Crippen molar-refractivity contribution in [1.82, 2.24) is 4.90 Å². The molecule has 2 fully saturated rings. The number of amides is 1. The third-order valence-corrected chi connectivity index (χ3v) is 5.98. The number of unbranched alkanes of at least 4 members (excludes halogenated alkanes) is 2. The molecule has 1 amide bonds. The maximum atomic E-state index is 11.7. The zero-order chi connectivity index (χ0) is 22.9. The van der Waals surface area contributed by atoms with Gasteiger partial charge in [-0.15, -0.1) is 0 Å². The number of likely N-dealkylation sites (tertiary alicyclic amines) is 1. The molecule has 8 nitrogen and oxygen atoms in total. The minimum Gasteiger partial charge on any atom is -0.480 e. The van der Waals surface area contributed by atoms with E-state index in [1.165, 1.54) is 17.7 Å². The van der Waals surface area contributed by atoms with Gasteiger partial charge in [-0.3, -0.25) is 4.90 Å². The SMILES string of the molecule is CCCCB1OC(C)(C)C(C)(C)O1.CCCCOC(=O)N1CCC(N)CC1C(=O)O. The molecule has 0 saturated carbocycles. The molecule has 0 aliphatic carbocycles. The van der Waals surface area contributed by atoms with Gasteiger partial charge in [0.25, 0.3) is 0 Å². The lowest BCUT2D eigenvalue weighted by molar-refractivity contribution is -0.144. The number of piperidine rings is 1. The molecule has 0 aromatic heterocycles. The maximum absolute atomic E-state index is 11.7. The highest BCUT2D eigenvalue weighted by atomic mass is 16.7. The van der Waals surface area contributed by atoms with Crippen molar-refractivity contribution in [3.8, 4) is 0 Å². The zero-order valence-electron chi connectivity index (χ0n) is 19.6. The van der Waals surface area contributed by atoms with Gasteiger partial charge < -0.3 is 24.9 Å². The molecule has 2 saturated heterocycles. The van der Waals surface area contributed by atoms with Crippen molar-refractivity contribution in [2.75, 3.05) is 13.2 Å². The van der Waals surface area contributed by atoms with E-state index in [4.69, 9.17) is 24.9 Å².